The normalized spacial score (nSPS) is 22.8. The predicted molar refractivity (Wildman–Crippen MR) is 113 cm³/mol. The lowest BCUT2D eigenvalue weighted by atomic mass is 9.94. The van der Waals surface area contributed by atoms with Crippen molar-refractivity contribution in [1.82, 2.24) is 4.90 Å². The van der Waals surface area contributed by atoms with E-state index in [1.807, 2.05) is 0 Å². The van der Waals surface area contributed by atoms with Gasteiger partial charge in [0.25, 0.3) is 17.4 Å². The van der Waals surface area contributed by atoms with E-state index in [2.05, 4.69) is 0 Å². The zero-order valence-electron chi connectivity index (χ0n) is 16.4. The Morgan fingerprint density at radius 3 is 2.55 bits per heavy atom. The monoisotopic (exact) mass is 442 g/mol. The van der Waals surface area contributed by atoms with Crippen LogP contribution in [0.4, 0.5) is 5.69 Å². The van der Waals surface area contributed by atoms with Crippen LogP contribution in [0.5, 0.6) is 0 Å². The molecule has 4 rings (SSSR count). The van der Waals surface area contributed by atoms with Crippen LogP contribution in [-0.2, 0) is 14.3 Å². The van der Waals surface area contributed by atoms with Gasteiger partial charge in [-0.25, -0.2) is 0 Å². The molecule has 2 saturated heterocycles. The second-order valence-electron chi connectivity index (χ2n) is 7.41. The van der Waals surface area contributed by atoms with Crippen LogP contribution in [0.2, 0.25) is 5.02 Å². The number of amides is 1. The molecule has 2 aromatic carbocycles. The van der Waals surface area contributed by atoms with Gasteiger partial charge in [-0.1, -0.05) is 23.7 Å². The average molecular weight is 443 g/mol. The van der Waals surface area contributed by atoms with Gasteiger partial charge in [-0.3, -0.25) is 19.7 Å². The molecular weight excluding hydrogens is 424 g/mol. The highest BCUT2D eigenvalue weighted by Gasteiger charge is 2.48. The molecule has 2 aliphatic heterocycles. The zero-order chi connectivity index (χ0) is 22.1. The fraction of sp³-hybridized carbons (Fsp3) is 0.273. The van der Waals surface area contributed by atoms with Crippen LogP contribution in [-0.4, -0.2) is 45.9 Å². The van der Waals surface area contributed by atoms with Gasteiger partial charge in [0.1, 0.15) is 5.76 Å². The topological polar surface area (TPSA) is 110 Å². The Bertz CT molecular complexity index is 1080. The highest BCUT2D eigenvalue weighted by Crippen LogP contribution is 2.43. The Balaban J connectivity index is 1.89. The molecule has 31 heavy (non-hydrogen) atoms. The summed E-state index contributed by atoms with van der Waals surface area (Å²) >= 11 is 5.91. The molecule has 1 N–H and O–H groups in total. The first-order valence-electron chi connectivity index (χ1n) is 9.77. The largest absolute Gasteiger partial charge is 0.507 e. The van der Waals surface area contributed by atoms with Crippen molar-refractivity contribution in [3.05, 3.63) is 80.4 Å². The number of benzene rings is 2. The number of aliphatic hydroxyl groups excluding tert-OH is 1. The van der Waals surface area contributed by atoms with Crippen molar-refractivity contribution in [3.8, 4) is 0 Å². The molecule has 0 radical (unpaired) electrons. The van der Waals surface area contributed by atoms with Gasteiger partial charge in [-0.15, -0.1) is 0 Å². The molecule has 1 amide bonds. The van der Waals surface area contributed by atoms with Gasteiger partial charge in [-0.2, -0.15) is 0 Å². The Morgan fingerprint density at radius 2 is 1.90 bits per heavy atom. The quantitative estimate of drug-likeness (QED) is 0.247. The summed E-state index contributed by atoms with van der Waals surface area (Å²) in [6.45, 7) is 0.647. The van der Waals surface area contributed by atoms with E-state index < -0.39 is 28.4 Å². The molecule has 0 aromatic heterocycles. The fourth-order valence-corrected chi connectivity index (χ4v) is 4.17. The third-order valence-corrected chi connectivity index (χ3v) is 5.76. The molecule has 2 fully saturated rings. The molecule has 0 saturated carbocycles. The Morgan fingerprint density at radius 1 is 1.19 bits per heavy atom. The van der Waals surface area contributed by atoms with E-state index in [4.69, 9.17) is 16.3 Å². The summed E-state index contributed by atoms with van der Waals surface area (Å²) < 4.78 is 5.62. The molecule has 0 spiro atoms. The second-order valence-corrected chi connectivity index (χ2v) is 7.85. The summed E-state index contributed by atoms with van der Waals surface area (Å²) in [4.78, 5) is 38.3. The second kappa shape index (κ2) is 8.49. The molecule has 0 aliphatic carbocycles. The van der Waals surface area contributed by atoms with Crippen molar-refractivity contribution in [1.29, 1.82) is 0 Å². The molecule has 2 atom stereocenters. The van der Waals surface area contributed by atoms with E-state index in [0.717, 1.165) is 6.42 Å². The smallest absolute Gasteiger partial charge is 0.295 e. The molecular formula is C22H19ClN2O6. The molecule has 9 heteroatoms. The summed E-state index contributed by atoms with van der Waals surface area (Å²) in [5.74, 6) is -2.13. The number of likely N-dealkylation sites (tertiary alicyclic amines) is 1. The number of rotatable bonds is 5. The number of carbonyl (C=O) groups is 2. The average Bonchev–Trinajstić information content (AvgIpc) is 3.36. The van der Waals surface area contributed by atoms with Crippen molar-refractivity contribution >= 4 is 34.7 Å². The van der Waals surface area contributed by atoms with Crippen molar-refractivity contribution in [2.24, 2.45) is 0 Å². The number of ketones is 1. The summed E-state index contributed by atoms with van der Waals surface area (Å²) in [5, 5.41) is 23.1. The Kier molecular flexibility index (Phi) is 5.75. The highest BCUT2D eigenvalue weighted by molar-refractivity contribution is 6.46. The number of nitro benzene ring substituents is 1. The van der Waals surface area contributed by atoms with E-state index >= 15 is 0 Å². The number of carbonyl (C=O) groups excluding carboxylic acids is 2. The van der Waals surface area contributed by atoms with Gasteiger partial charge in [0, 0.05) is 29.8 Å². The minimum atomic E-state index is -1.11. The van der Waals surface area contributed by atoms with E-state index in [9.17, 15) is 24.8 Å². The number of para-hydroxylation sites is 1. The Hall–Kier alpha value is -3.23. The number of nitro groups is 1. The number of nitrogens with zero attached hydrogens (tertiary/aromatic N) is 2. The lowest BCUT2D eigenvalue weighted by Gasteiger charge is -2.27. The number of ether oxygens (including phenoxy) is 1. The Labute approximate surface area is 182 Å². The molecule has 2 aliphatic rings. The van der Waals surface area contributed by atoms with Gasteiger partial charge in [0.15, 0.2) is 0 Å². The summed E-state index contributed by atoms with van der Waals surface area (Å²) in [6.07, 6.45) is 1.26. The minimum Gasteiger partial charge on any atom is -0.507 e. The van der Waals surface area contributed by atoms with Crippen molar-refractivity contribution in [3.63, 3.8) is 0 Å². The molecule has 2 heterocycles. The first kappa shape index (κ1) is 21.0. The third kappa shape index (κ3) is 3.92. The molecule has 160 valence electrons. The molecule has 2 aromatic rings. The van der Waals surface area contributed by atoms with Crippen molar-refractivity contribution in [2.45, 2.75) is 25.0 Å². The number of aliphatic hydroxyl groups is 1. The fourth-order valence-electron chi connectivity index (χ4n) is 4.05. The number of Topliss-reactive ketones (excluding diaryl/α,β-unsaturated/α-hetero) is 1. The lowest BCUT2D eigenvalue weighted by Crippen LogP contribution is -2.36. The number of hydrogen-bond acceptors (Lipinski definition) is 6. The van der Waals surface area contributed by atoms with Crippen molar-refractivity contribution < 1.29 is 24.4 Å². The lowest BCUT2D eigenvalue weighted by molar-refractivity contribution is -0.385. The van der Waals surface area contributed by atoms with Crippen LogP contribution >= 0.6 is 11.6 Å². The van der Waals surface area contributed by atoms with Gasteiger partial charge in [0.05, 0.1) is 28.2 Å². The summed E-state index contributed by atoms with van der Waals surface area (Å²) in [5.41, 5.74) is -0.00308. The number of halogens is 1. The maximum absolute atomic E-state index is 13.0. The van der Waals surface area contributed by atoms with Crippen LogP contribution in [0.3, 0.4) is 0 Å². The van der Waals surface area contributed by atoms with E-state index in [-0.39, 0.29) is 35.0 Å². The van der Waals surface area contributed by atoms with Crippen LogP contribution < -0.4 is 0 Å². The van der Waals surface area contributed by atoms with Crippen LogP contribution in [0.25, 0.3) is 5.76 Å². The van der Waals surface area contributed by atoms with Crippen LogP contribution in [0.15, 0.2) is 54.1 Å². The first-order chi connectivity index (χ1) is 14.9. The maximum atomic E-state index is 13.0. The standard InChI is InChI=1S/C22H19ClN2O6/c23-14-9-7-13(8-10-14)20(26)18-19(16-5-1-2-6-17(16)25(29)30)24(22(28)21(18)27)12-15-4-3-11-31-15/h1-2,5-10,15,19,26H,3-4,11-12H2/b20-18+/t15-,19+/m0/s1. The number of hydrogen-bond donors (Lipinski definition) is 1. The van der Waals surface area contributed by atoms with Crippen LogP contribution in [0, 0.1) is 10.1 Å². The van der Waals surface area contributed by atoms with Gasteiger partial charge in [-0.05, 0) is 43.2 Å². The highest BCUT2D eigenvalue weighted by atomic mass is 35.5. The molecule has 0 bridgehead atoms. The van der Waals surface area contributed by atoms with Gasteiger partial charge >= 0.3 is 0 Å². The van der Waals surface area contributed by atoms with Gasteiger partial charge in [0.2, 0.25) is 0 Å². The maximum Gasteiger partial charge on any atom is 0.295 e. The van der Waals surface area contributed by atoms with E-state index in [1.165, 1.54) is 35.2 Å². The SMILES string of the molecule is O=C1C(=O)N(C[C@@H]2CCCO2)[C@H](c2ccccc2[N+](=O)[O-])/C1=C(\O)c1ccc(Cl)cc1. The zero-order valence-corrected chi connectivity index (χ0v) is 17.1. The van der Waals surface area contributed by atoms with Gasteiger partial charge < -0.3 is 14.7 Å². The molecule has 0 unspecified atom stereocenters. The summed E-state index contributed by atoms with van der Waals surface area (Å²) in [6, 6.07) is 10.9. The predicted octanol–water partition coefficient (Wildman–Crippen LogP) is 3.85. The van der Waals surface area contributed by atoms with E-state index in [0.29, 0.717) is 18.1 Å². The third-order valence-electron chi connectivity index (χ3n) is 5.51. The summed E-state index contributed by atoms with van der Waals surface area (Å²) in [7, 11) is 0. The molecule has 8 nitrogen and oxygen atoms in total. The van der Waals surface area contributed by atoms with Crippen LogP contribution in [0.1, 0.15) is 30.0 Å². The minimum absolute atomic E-state index is 0.0959. The first-order valence-corrected chi connectivity index (χ1v) is 10.2. The van der Waals surface area contributed by atoms with E-state index in [1.54, 1.807) is 18.2 Å². The van der Waals surface area contributed by atoms with Crippen molar-refractivity contribution in [2.75, 3.05) is 13.2 Å².